The van der Waals surface area contributed by atoms with Gasteiger partial charge in [-0.15, -0.1) is 11.3 Å². The van der Waals surface area contributed by atoms with Gasteiger partial charge in [-0.05, 0) is 23.3 Å². The minimum absolute atomic E-state index is 0.203. The van der Waals surface area contributed by atoms with Crippen molar-refractivity contribution in [2.75, 3.05) is 13.1 Å². The topological polar surface area (TPSA) is 52.6 Å². The SMILES string of the molecule is O=C(O)c1ccc(C2NC3=C2CN(Cc2ccccc2)C3)s1. The first-order chi connectivity index (χ1) is 10.7. The van der Waals surface area contributed by atoms with Gasteiger partial charge in [0.25, 0.3) is 0 Å². The molecule has 22 heavy (non-hydrogen) atoms. The molecule has 1 unspecified atom stereocenters. The molecular weight excluding hydrogens is 296 g/mol. The Labute approximate surface area is 132 Å². The Balaban J connectivity index is 1.43. The smallest absolute Gasteiger partial charge is 0.345 e. The molecule has 2 N–H and O–H groups in total. The van der Waals surface area contributed by atoms with Gasteiger partial charge in [0, 0.05) is 30.2 Å². The first-order valence-electron chi connectivity index (χ1n) is 7.28. The van der Waals surface area contributed by atoms with Gasteiger partial charge >= 0.3 is 5.97 Å². The summed E-state index contributed by atoms with van der Waals surface area (Å²) in [5.74, 6) is -0.845. The Bertz CT molecular complexity index is 751. The summed E-state index contributed by atoms with van der Waals surface area (Å²) in [5.41, 5.74) is 4.05. The maximum absolute atomic E-state index is 11.0. The first-order valence-corrected chi connectivity index (χ1v) is 8.10. The summed E-state index contributed by atoms with van der Waals surface area (Å²) >= 11 is 1.36. The molecule has 4 nitrogen and oxygen atoms in total. The summed E-state index contributed by atoms with van der Waals surface area (Å²) in [7, 11) is 0. The second-order valence-corrected chi connectivity index (χ2v) is 6.83. The molecule has 1 aromatic carbocycles. The van der Waals surface area contributed by atoms with E-state index < -0.39 is 5.97 Å². The van der Waals surface area contributed by atoms with Crippen LogP contribution in [0.2, 0.25) is 0 Å². The number of thiophene rings is 1. The van der Waals surface area contributed by atoms with Gasteiger partial charge in [-0.2, -0.15) is 0 Å². The molecule has 4 rings (SSSR count). The van der Waals surface area contributed by atoms with Crippen LogP contribution in [0, 0.1) is 0 Å². The zero-order valence-corrected chi connectivity index (χ0v) is 12.8. The Morgan fingerprint density at radius 2 is 2.05 bits per heavy atom. The molecular formula is C17H16N2O2S. The van der Waals surface area contributed by atoms with Crippen LogP contribution in [0.1, 0.15) is 26.2 Å². The van der Waals surface area contributed by atoms with Crippen molar-refractivity contribution in [2.45, 2.75) is 12.6 Å². The van der Waals surface area contributed by atoms with Gasteiger partial charge in [0.15, 0.2) is 0 Å². The minimum atomic E-state index is -0.845. The summed E-state index contributed by atoms with van der Waals surface area (Å²) in [6.45, 7) is 2.87. The van der Waals surface area contributed by atoms with Crippen molar-refractivity contribution >= 4 is 17.3 Å². The molecule has 1 aromatic heterocycles. The number of nitrogens with one attached hydrogen (secondary N) is 1. The summed E-state index contributed by atoms with van der Waals surface area (Å²) in [6, 6.07) is 14.3. The molecule has 0 amide bonds. The van der Waals surface area contributed by atoms with Crippen LogP contribution in [-0.4, -0.2) is 29.1 Å². The van der Waals surface area contributed by atoms with Gasteiger partial charge in [0.05, 0.1) is 6.04 Å². The van der Waals surface area contributed by atoms with Gasteiger partial charge in [0.1, 0.15) is 4.88 Å². The number of aromatic carboxylic acids is 1. The third-order valence-corrected chi connectivity index (χ3v) is 5.34. The lowest BCUT2D eigenvalue weighted by molar-refractivity contribution is 0.0702. The number of hydrogen-bond acceptors (Lipinski definition) is 4. The highest BCUT2D eigenvalue weighted by Gasteiger charge is 2.37. The Morgan fingerprint density at radius 1 is 1.23 bits per heavy atom. The van der Waals surface area contributed by atoms with Crippen LogP contribution in [0.5, 0.6) is 0 Å². The first kappa shape index (κ1) is 13.5. The normalized spacial score (nSPS) is 20.5. The van der Waals surface area contributed by atoms with Gasteiger partial charge < -0.3 is 10.4 Å². The molecule has 5 heteroatoms. The highest BCUT2D eigenvalue weighted by Crippen LogP contribution is 2.40. The molecule has 0 saturated heterocycles. The Morgan fingerprint density at radius 3 is 2.77 bits per heavy atom. The van der Waals surface area contributed by atoms with Crippen molar-refractivity contribution in [3.63, 3.8) is 0 Å². The lowest BCUT2D eigenvalue weighted by Gasteiger charge is -2.30. The van der Waals surface area contributed by atoms with Crippen molar-refractivity contribution in [2.24, 2.45) is 0 Å². The minimum Gasteiger partial charge on any atom is -0.477 e. The van der Waals surface area contributed by atoms with E-state index in [0.29, 0.717) is 4.88 Å². The van der Waals surface area contributed by atoms with Crippen molar-refractivity contribution < 1.29 is 9.90 Å². The predicted molar refractivity (Wildman–Crippen MR) is 85.9 cm³/mol. The van der Waals surface area contributed by atoms with Crippen molar-refractivity contribution in [3.8, 4) is 0 Å². The van der Waals surface area contributed by atoms with E-state index in [4.69, 9.17) is 5.11 Å². The van der Waals surface area contributed by atoms with Crippen LogP contribution in [0.15, 0.2) is 53.7 Å². The largest absolute Gasteiger partial charge is 0.477 e. The number of hydrogen-bond donors (Lipinski definition) is 2. The fourth-order valence-electron chi connectivity index (χ4n) is 3.12. The molecule has 0 spiro atoms. The number of carboxylic acid groups (broad SMARTS) is 1. The number of rotatable bonds is 4. The number of carbonyl (C=O) groups is 1. The fraction of sp³-hybridized carbons (Fsp3) is 0.235. The third-order valence-electron chi connectivity index (χ3n) is 4.20. The summed E-state index contributed by atoms with van der Waals surface area (Å²) in [4.78, 5) is 14.9. The molecule has 2 aliphatic heterocycles. The summed E-state index contributed by atoms with van der Waals surface area (Å²) in [6.07, 6.45) is 0. The van der Waals surface area contributed by atoms with Crippen LogP contribution < -0.4 is 5.32 Å². The summed E-state index contributed by atoms with van der Waals surface area (Å²) < 4.78 is 0. The quantitative estimate of drug-likeness (QED) is 0.911. The van der Waals surface area contributed by atoms with E-state index in [1.807, 2.05) is 12.1 Å². The predicted octanol–water partition coefficient (Wildman–Crippen LogP) is 2.86. The Kier molecular flexibility index (Phi) is 3.24. The Hall–Kier alpha value is -2.11. The van der Waals surface area contributed by atoms with Crippen molar-refractivity contribution in [3.05, 3.63) is 69.1 Å². The summed E-state index contributed by atoms with van der Waals surface area (Å²) in [5, 5.41) is 12.5. The van der Waals surface area contributed by atoms with Gasteiger partial charge in [-0.25, -0.2) is 4.79 Å². The second-order valence-electron chi connectivity index (χ2n) is 5.72. The molecule has 0 fully saturated rings. The van der Waals surface area contributed by atoms with E-state index in [1.54, 1.807) is 6.07 Å². The van der Waals surface area contributed by atoms with Crippen molar-refractivity contribution in [1.29, 1.82) is 0 Å². The van der Waals surface area contributed by atoms with E-state index >= 15 is 0 Å². The molecule has 2 aliphatic rings. The maximum atomic E-state index is 11.0. The molecule has 0 aliphatic carbocycles. The van der Waals surface area contributed by atoms with Gasteiger partial charge in [-0.3, -0.25) is 4.90 Å². The van der Waals surface area contributed by atoms with Crippen LogP contribution in [0.25, 0.3) is 0 Å². The average Bonchev–Trinajstić information content (AvgIpc) is 3.09. The fourth-order valence-corrected chi connectivity index (χ4v) is 4.06. The highest BCUT2D eigenvalue weighted by molar-refractivity contribution is 7.14. The lowest BCUT2D eigenvalue weighted by Crippen LogP contribution is -2.33. The van der Waals surface area contributed by atoms with Crippen LogP contribution >= 0.6 is 11.3 Å². The zero-order valence-electron chi connectivity index (χ0n) is 12.0. The van der Waals surface area contributed by atoms with Crippen LogP contribution in [-0.2, 0) is 6.54 Å². The molecule has 0 radical (unpaired) electrons. The zero-order chi connectivity index (χ0) is 15.1. The van der Waals surface area contributed by atoms with Gasteiger partial charge in [0.2, 0.25) is 0 Å². The molecule has 112 valence electrons. The van der Waals surface area contributed by atoms with E-state index in [2.05, 4.69) is 34.5 Å². The van der Waals surface area contributed by atoms with E-state index in [0.717, 1.165) is 24.5 Å². The molecule has 1 atom stereocenters. The van der Waals surface area contributed by atoms with Crippen LogP contribution in [0.4, 0.5) is 0 Å². The average molecular weight is 312 g/mol. The standard InChI is InChI=1S/C17H16N2O2S/c20-17(21)15-7-6-14(22-15)16-12-9-19(10-13(12)18-16)8-11-4-2-1-3-5-11/h1-7,16,18H,8-10H2,(H,20,21). The third kappa shape index (κ3) is 2.32. The molecule has 3 heterocycles. The van der Waals surface area contributed by atoms with E-state index in [9.17, 15) is 4.79 Å². The molecule has 2 aromatic rings. The number of nitrogens with zero attached hydrogens (tertiary/aromatic N) is 1. The molecule has 0 bridgehead atoms. The second kappa shape index (κ2) is 5.26. The van der Waals surface area contributed by atoms with Gasteiger partial charge in [-0.1, -0.05) is 30.3 Å². The van der Waals surface area contributed by atoms with Crippen molar-refractivity contribution in [1.82, 2.24) is 10.2 Å². The number of carboxylic acids is 1. The lowest BCUT2D eigenvalue weighted by atomic mass is 9.98. The van der Waals surface area contributed by atoms with Crippen LogP contribution in [0.3, 0.4) is 0 Å². The van der Waals surface area contributed by atoms with E-state index in [-0.39, 0.29) is 6.04 Å². The highest BCUT2D eigenvalue weighted by atomic mass is 32.1. The maximum Gasteiger partial charge on any atom is 0.345 e. The number of benzene rings is 1. The monoisotopic (exact) mass is 312 g/mol. The van der Waals surface area contributed by atoms with E-state index in [1.165, 1.54) is 28.2 Å². The molecule has 0 saturated carbocycles.